The van der Waals surface area contributed by atoms with Crippen molar-refractivity contribution >= 4 is 9.84 Å². The van der Waals surface area contributed by atoms with Crippen molar-refractivity contribution in [3.63, 3.8) is 0 Å². The zero-order valence-electron chi connectivity index (χ0n) is 6.90. The maximum absolute atomic E-state index is 12.7. The maximum Gasteiger partial charge on any atom is 0.502 e. The molecule has 0 spiro atoms. The Kier molecular flexibility index (Phi) is 4.42. The van der Waals surface area contributed by atoms with Crippen molar-refractivity contribution in [1.82, 2.24) is 0 Å². The van der Waals surface area contributed by atoms with E-state index in [1.165, 1.54) is 0 Å². The fourth-order valence-corrected chi connectivity index (χ4v) is 1.62. The van der Waals surface area contributed by atoms with E-state index in [1.54, 1.807) is 0 Å². The van der Waals surface area contributed by atoms with Gasteiger partial charge in [0, 0.05) is 19.5 Å². The minimum atomic E-state index is -5.58. The van der Waals surface area contributed by atoms with Crippen LogP contribution in [0.2, 0.25) is 0 Å². The smallest absolute Gasteiger partial charge is 0.214 e. The van der Waals surface area contributed by atoms with Crippen LogP contribution < -0.4 is 0 Å². The predicted molar refractivity (Wildman–Crippen MR) is 39.6 cm³/mol. The van der Waals surface area contributed by atoms with Crippen LogP contribution in [0.3, 0.4) is 0 Å². The second-order valence-electron chi connectivity index (χ2n) is 2.38. The van der Waals surface area contributed by atoms with Crippen LogP contribution >= 0.6 is 0 Å². The Hall–Kier alpha value is -0.487. The Balaban J connectivity index is 0.00000196. The van der Waals surface area contributed by atoms with E-state index in [9.17, 15) is 26.0 Å². The van der Waals surface area contributed by atoms with Crippen LogP contribution in [0, 0.1) is 5.82 Å². The molecule has 1 aromatic carbocycles. The Morgan fingerprint density at radius 1 is 1.07 bits per heavy atom. The van der Waals surface area contributed by atoms with Crippen molar-refractivity contribution in [3.05, 3.63) is 30.1 Å². The minimum absolute atomic E-state index is 0. The van der Waals surface area contributed by atoms with Gasteiger partial charge in [0.1, 0.15) is 10.7 Å². The fourth-order valence-electron chi connectivity index (χ4n) is 0.787. The molecule has 0 saturated heterocycles. The van der Waals surface area contributed by atoms with Gasteiger partial charge >= 0.3 is 5.51 Å². The average Bonchev–Trinajstić information content (AvgIpc) is 2.02. The quantitative estimate of drug-likeness (QED) is 0.584. The van der Waals surface area contributed by atoms with Crippen LogP contribution in [0.5, 0.6) is 0 Å². The molecular formula is C7H4F4O2RuS. The first kappa shape index (κ1) is 14.5. The average molecular weight is 329 g/mol. The molecule has 1 rings (SSSR count). The molecule has 0 bridgehead atoms. The maximum atomic E-state index is 12.7. The van der Waals surface area contributed by atoms with Crippen LogP contribution in [0.15, 0.2) is 29.2 Å². The molecule has 0 aliphatic heterocycles. The van der Waals surface area contributed by atoms with E-state index in [0.29, 0.717) is 12.1 Å². The molecule has 0 unspecified atom stereocenters. The molecule has 0 radical (unpaired) electrons. The largest absolute Gasteiger partial charge is 0.502 e. The molecule has 0 amide bonds. The van der Waals surface area contributed by atoms with Crippen molar-refractivity contribution in [2.45, 2.75) is 10.4 Å². The molecule has 15 heavy (non-hydrogen) atoms. The number of alkyl halides is 3. The first-order chi connectivity index (χ1) is 6.27. The number of hydrogen-bond donors (Lipinski definition) is 0. The summed E-state index contributed by atoms with van der Waals surface area (Å²) in [7, 11) is -5.58. The zero-order chi connectivity index (χ0) is 11.0. The van der Waals surface area contributed by atoms with E-state index in [2.05, 4.69) is 0 Å². The van der Waals surface area contributed by atoms with Gasteiger partial charge in [0.15, 0.2) is 0 Å². The van der Waals surface area contributed by atoms with E-state index in [1.807, 2.05) is 0 Å². The zero-order valence-corrected chi connectivity index (χ0v) is 9.45. The van der Waals surface area contributed by atoms with Crippen molar-refractivity contribution < 1.29 is 45.5 Å². The van der Waals surface area contributed by atoms with E-state index >= 15 is 0 Å². The molecular weight excluding hydrogens is 325 g/mol. The number of benzene rings is 1. The summed E-state index contributed by atoms with van der Waals surface area (Å²) in [4.78, 5) is -1.35. The van der Waals surface area contributed by atoms with Gasteiger partial charge in [0.2, 0.25) is 0 Å². The van der Waals surface area contributed by atoms with Gasteiger partial charge in [0.05, 0.1) is 0 Å². The van der Waals surface area contributed by atoms with Gasteiger partial charge in [0.25, 0.3) is 9.84 Å². The molecule has 0 N–H and O–H groups in total. The summed E-state index contributed by atoms with van der Waals surface area (Å²) in [6.07, 6.45) is 0. The topological polar surface area (TPSA) is 34.1 Å². The molecule has 0 aliphatic rings. The second kappa shape index (κ2) is 4.57. The second-order valence-corrected chi connectivity index (χ2v) is 4.29. The minimum Gasteiger partial charge on any atom is -0.214 e. The Bertz CT molecular complexity index is 441. The van der Waals surface area contributed by atoms with Gasteiger partial charge in [-0.3, -0.25) is 0 Å². The molecule has 86 valence electrons. The van der Waals surface area contributed by atoms with Crippen molar-refractivity contribution in [2.24, 2.45) is 0 Å². The van der Waals surface area contributed by atoms with Gasteiger partial charge in [-0.15, -0.1) is 0 Å². The van der Waals surface area contributed by atoms with Crippen molar-refractivity contribution in [3.8, 4) is 0 Å². The van der Waals surface area contributed by atoms with Gasteiger partial charge in [-0.05, 0) is 12.1 Å². The van der Waals surface area contributed by atoms with Crippen LogP contribution in [0.25, 0.3) is 0 Å². The molecule has 0 saturated carbocycles. The summed E-state index contributed by atoms with van der Waals surface area (Å²) < 4.78 is 70.0. The number of halogens is 4. The van der Waals surface area contributed by atoms with E-state index in [0.717, 1.165) is 12.1 Å². The molecule has 0 aliphatic carbocycles. The van der Waals surface area contributed by atoms with Gasteiger partial charge < -0.3 is 0 Å². The van der Waals surface area contributed by atoms with Gasteiger partial charge in [-0.2, -0.15) is 13.2 Å². The van der Waals surface area contributed by atoms with Crippen molar-refractivity contribution in [1.29, 1.82) is 0 Å². The molecule has 0 heterocycles. The SMILES string of the molecule is O=S(=O)(c1ccccc1F)C(F)(F)F.[Ru]. The normalized spacial score (nSPS) is 12.0. The summed E-state index contributed by atoms with van der Waals surface area (Å²) in [6.45, 7) is 0. The summed E-state index contributed by atoms with van der Waals surface area (Å²) in [5.41, 5.74) is -5.48. The third-order valence-electron chi connectivity index (χ3n) is 1.43. The van der Waals surface area contributed by atoms with E-state index in [-0.39, 0.29) is 19.5 Å². The van der Waals surface area contributed by atoms with E-state index < -0.39 is 26.1 Å². The third-order valence-corrected chi connectivity index (χ3v) is 2.95. The summed E-state index contributed by atoms with van der Waals surface area (Å²) in [5.74, 6) is -1.41. The standard InChI is InChI=1S/C7H4F4O2S.Ru/c8-5-3-1-2-4-6(5)14(12,13)7(9,10)11;/h1-4H;. The molecule has 8 heteroatoms. The van der Waals surface area contributed by atoms with Crippen LogP contribution in [-0.2, 0) is 29.3 Å². The van der Waals surface area contributed by atoms with Crippen LogP contribution in [-0.4, -0.2) is 13.9 Å². The molecule has 2 nitrogen and oxygen atoms in total. The monoisotopic (exact) mass is 330 g/mol. The molecule has 0 aromatic heterocycles. The number of sulfone groups is 1. The van der Waals surface area contributed by atoms with Gasteiger partial charge in [-0.25, -0.2) is 12.8 Å². The Labute approximate surface area is 96.0 Å². The predicted octanol–water partition coefficient (Wildman–Crippen LogP) is 2.12. The summed E-state index contributed by atoms with van der Waals surface area (Å²) >= 11 is 0. The van der Waals surface area contributed by atoms with Crippen LogP contribution in [0.4, 0.5) is 17.6 Å². The first-order valence-corrected chi connectivity index (χ1v) is 4.81. The summed E-state index contributed by atoms with van der Waals surface area (Å²) in [5, 5.41) is 0. The molecule has 0 fully saturated rings. The molecule has 0 atom stereocenters. The third kappa shape index (κ3) is 2.75. The first-order valence-electron chi connectivity index (χ1n) is 3.32. The molecule has 1 aromatic rings. The Morgan fingerprint density at radius 3 is 1.93 bits per heavy atom. The van der Waals surface area contributed by atoms with Gasteiger partial charge in [-0.1, -0.05) is 12.1 Å². The van der Waals surface area contributed by atoms with Crippen molar-refractivity contribution in [2.75, 3.05) is 0 Å². The number of rotatable bonds is 1. The Morgan fingerprint density at radius 2 is 1.53 bits per heavy atom. The van der Waals surface area contributed by atoms with E-state index in [4.69, 9.17) is 0 Å². The van der Waals surface area contributed by atoms with Crippen LogP contribution in [0.1, 0.15) is 0 Å². The fraction of sp³-hybridized carbons (Fsp3) is 0.143. The number of hydrogen-bond acceptors (Lipinski definition) is 2. The summed E-state index contributed by atoms with van der Waals surface area (Å²) in [6, 6.07) is 3.34.